The molecule has 0 radical (unpaired) electrons. The highest BCUT2D eigenvalue weighted by Gasteiger charge is 2.45. The molecule has 89 heavy (non-hydrogen) atoms. The van der Waals surface area contributed by atoms with Crippen molar-refractivity contribution in [3.63, 3.8) is 0 Å². The molecule has 0 saturated carbocycles. The quantitative estimate of drug-likeness (QED) is 0.0290. The molecule has 2 rings (SSSR count). The summed E-state index contributed by atoms with van der Waals surface area (Å²) in [6, 6.07) is 0. The van der Waals surface area contributed by atoms with E-state index in [0.29, 0.717) is 90.5 Å². The average molecular weight is 1280 g/mol. The van der Waals surface area contributed by atoms with Crippen molar-refractivity contribution in [1.29, 1.82) is 0 Å². The molecule has 2 fully saturated rings. The zero-order valence-corrected chi connectivity index (χ0v) is 52.8. The topological polar surface area (TPSA) is 444 Å². The van der Waals surface area contributed by atoms with Crippen LogP contribution in [0, 0.1) is 5.92 Å². The number of rotatable bonds is 55. The maximum atomic E-state index is 13.7. The summed E-state index contributed by atoms with van der Waals surface area (Å²) in [6.45, 7) is 4.69. The molecule has 11 atom stereocenters. The Morgan fingerprint density at radius 3 is 1.26 bits per heavy atom. The Morgan fingerprint density at radius 2 is 0.820 bits per heavy atom. The number of Topliss-reactive ketones (excluding diaryl/α,β-unsaturated/α-hetero) is 2. The van der Waals surface area contributed by atoms with Gasteiger partial charge in [0.25, 0.3) is 0 Å². The Bertz CT molecular complexity index is 1950. The highest BCUT2D eigenvalue weighted by molar-refractivity contribution is 5.81. The van der Waals surface area contributed by atoms with Gasteiger partial charge in [-0.1, -0.05) is 52.4 Å². The first kappa shape index (κ1) is 81.1. The van der Waals surface area contributed by atoms with E-state index >= 15 is 0 Å². The summed E-state index contributed by atoms with van der Waals surface area (Å²) in [7, 11) is 0. The van der Waals surface area contributed by atoms with E-state index in [0.717, 1.165) is 44.9 Å². The number of nitrogens with two attached hydrogens (primary N) is 1. The second-order valence-electron chi connectivity index (χ2n) is 23.2. The third-order valence-electron chi connectivity index (χ3n) is 15.0. The molecule has 0 spiro atoms. The van der Waals surface area contributed by atoms with Crippen molar-refractivity contribution in [3.05, 3.63) is 0 Å². The molecular formula is C60H111N7O22. The fourth-order valence-electron chi connectivity index (χ4n) is 9.43. The van der Waals surface area contributed by atoms with Crippen molar-refractivity contribution < 1.29 is 108 Å². The summed E-state index contributed by atoms with van der Waals surface area (Å²) in [5, 5.41) is 96.0. The number of aliphatic hydroxyl groups excluding tert-OH is 8. The second kappa shape index (κ2) is 49.6. The first-order valence-corrected chi connectivity index (χ1v) is 32.2. The van der Waals surface area contributed by atoms with Crippen molar-refractivity contribution in [2.24, 2.45) is 11.7 Å². The Hall–Kier alpha value is -3.99. The number of nitrogens with one attached hydrogen (secondary N) is 6. The van der Waals surface area contributed by atoms with Crippen molar-refractivity contribution in [3.8, 4) is 0 Å². The minimum atomic E-state index is -1.55. The van der Waals surface area contributed by atoms with Gasteiger partial charge in [0, 0.05) is 90.3 Å². The molecule has 2 heterocycles. The van der Waals surface area contributed by atoms with Crippen LogP contribution >= 0.6 is 0 Å². The van der Waals surface area contributed by atoms with Gasteiger partial charge >= 0.3 is 0 Å². The minimum Gasteiger partial charge on any atom is -0.394 e. The molecule has 29 nitrogen and oxygen atoms in total. The molecule has 2 saturated heterocycles. The molecular weight excluding hydrogens is 1170 g/mol. The van der Waals surface area contributed by atoms with Gasteiger partial charge in [0.15, 0.2) is 12.6 Å². The van der Waals surface area contributed by atoms with Crippen LogP contribution in [-0.4, -0.2) is 261 Å². The number of ether oxygens (including phenoxy) is 7. The lowest BCUT2D eigenvalue weighted by Crippen LogP contribution is -2.59. The van der Waals surface area contributed by atoms with Crippen LogP contribution in [0.1, 0.15) is 155 Å². The van der Waals surface area contributed by atoms with Gasteiger partial charge in [0.05, 0.1) is 59.4 Å². The van der Waals surface area contributed by atoms with Crippen LogP contribution in [0.25, 0.3) is 0 Å². The van der Waals surface area contributed by atoms with Crippen molar-refractivity contribution in [1.82, 2.24) is 31.9 Å². The number of unbranched alkanes of at least 4 members (excludes halogenated alkanes) is 9. The van der Waals surface area contributed by atoms with Crippen LogP contribution in [0.15, 0.2) is 0 Å². The SMILES string of the molecule is CC(C)C(=O)CCCCCCCCCCC(=O)NC(COCCC(=O)NCCCN)(COCCC(=O)NCCCNCC(=O)CCCCO[C@@H]1OC(CO)[C@@H](O)C(O)C1O)COCCC(=O)NCCCNC(=O)CCCCO[C@@H]1OC(CO)[C@@H](O)C(O)C1O. The second-order valence-corrected chi connectivity index (χ2v) is 23.2. The molecule has 0 bridgehead atoms. The van der Waals surface area contributed by atoms with Gasteiger partial charge in [-0.2, -0.15) is 0 Å². The van der Waals surface area contributed by atoms with Crippen LogP contribution in [0.5, 0.6) is 0 Å². The molecule has 0 aromatic heterocycles. The standard InChI is InChI=1S/C60H111N7O22/c1-42(2)44(71)19-9-7-5-3-4-6-8-10-21-51(76)67-60(39-83-33-22-48(73)63-27-15-25-61,41-85-35-24-50(75)66-30-17-29-64-47(72)20-12-14-32-87-59-57(82)55(80)53(78)46(38-69)89-59)40-84-34-23-49(74)65-28-16-26-62-36-43(70)18-11-13-31-86-58-56(81)54(79)52(77)45(37-68)88-58/h42,45-46,52-59,62,68-69,77-82H,3-41,61H2,1-2H3,(H,63,73)(H,64,72)(H,65,74)(H,66,75)(H,67,76)/t45?,46?,52-,53-,54?,55?,56?,57?,58-,59-,60?/m1/s1. The number of hydrogen-bond acceptors (Lipinski definition) is 24. The number of carbonyl (C=O) groups is 7. The van der Waals surface area contributed by atoms with Gasteiger partial charge in [-0.15, -0.1) is 0 Å². The minimum absolute atomic E-state index is 0.00443. The van der Waals surface area contributed by atoms with Gasteiger partial charge < -0.3 is 112 Å². The van der Waals surface area contributed by atoms with Crippen molar-refractivity contribution >= 4 is 41.1 Å². The fraction of sp³-hybridized carbons (Fsp3) is 0.883. The normalized spacial score (nSPS) is 22.5. The highest BCUT2D eigenvalue weighted by Crippen LogP contribution is 2.24. The van der Waals surface area contributed by atoms with Gasteiger partial charge in [-0.25, -0.2) is 0 Å². The molecule has 518 valence electrons. The van der Waals surface area contributed by atoms with E-state index in [2.05, 4.69) is 31.9 Å². The van der Waals surface area contributed by atoms with E-state index in [1.807, 2.05) is 13.8 Å². The van der Waals surface area contributed by atoms with Crippen LogP contribution in [0.2, 0.25) is 0 Å². The van der Waals surface area contributed by atoms with E-state index < -0.39 is 80.2 Å². The summed E-state index contributed by atoms with van der Waals surface area (Å²) in [6.07, 6.45) is -1.70. The smallest absolute Gasteiger partial charge is 0.222 e. The van der Waals surface area contributed by atoms with Gasteiger partial charge in [-0.3, -0.25) is 33.6 Å². The number of aliphatic hydroxyl groups is 8. The zero-order valence-electron chi connectivity index (χ0n) is 52.8. The predicted octanol–water partition coefficient (Wildman–Crippen LogP) is -2.09. The van der Waals surface area contributed by atoms with Crippen LogP contribution in [-0.2, 0) is 66.7 Å². The zero-order chi connectivity index (χ0) is 65.7. The first-order chi connectivity index (χ1) is 42.8. The van der Waals surface area contributed by atoms with E-state index in [9.17, 15) is 74.4 Å². The largest absolute Gasteiger partial charge is 0.394 e. The lowest BCUT2D eigenvalue weighted by Gasteiger charge is -2.39. The lowest BCUT2D eigenvalue weighted by atomic mass is 9.99. The Kier molecular flexibility index (Phi) is 45.2. The molecule has 5 amide bonds. The average Bonchev–Trinajstić information content (AvgIpc) is 1.66. The lowest BCUT2D eigenvalue weighted by molar-refractivity contribution is -0.301. The molecule has 29 heteroatoms. The number of amides is 5. The number of ketones is 2. The van der Waals surface area contributed by atoms with Crippen LogP contribution < -0.4 is 37.6 Å². The van der Waals surface area contributed by atoms with Crippen LogP contribution in [0.3, 0.4) is 0 Å². The first-order valence-electron chi connectivity index (χ1n) is 32.2. The molecule has 7 unspecified atom stereocenters. The Morgan fingerprint density at radius 1 is 0.438 bits per heavy atom. The fourth-order valence-corrected chi connectivity index (χ4v) is 9.43. The van der Waals surface area contributed by atoms with Gasteiger partial charge in [-0.05, 0) is 70.9 Å². The Balaban J connectivity index is 1.88. The maximum absolute atomic E-state index is 13.7. The van der Waals surface area contributed by atoms with E-state index in [1.165, 1.54) is 0 Å². The third kappa shape index (κ3) is 36.7. The Labute approximate surface area is 524 Å². The van der Waals surface area contributed by atoms with Crippen molar-refractivity contribution in [2.45, 2.75) is 222 Å². The van der Waals surface area contributed by atoms with Gasteiger partial charge in [0.2, 0.25) is 29.5 Å². The monoisotopic (exact) mass is 1280 g/mol. The summed E-state index contributed by atoms with van der Waals surface area (Å²) >= 11 is 0. The van der Waals surface area contributed by atoms with Gasteiger partial charge in [0.1, 0.15) is 65.9 Å². The highest BCUT2D eigenvalue weighted by atomic mass is 16.7. The summed E-state index contributed by atoms with van der Waals surface area (Å²) in [5.74, 6) is -1.04. The van der Waals surface area contributed by atoms with Crippen molar-refractivity contribution in [2.75, 3.05) is 112 Å². The molecule has 0 aliphatic carbocycles. The predicted molar refractivity (Wildman–Crippen MR) is 323 cm³/mol. The van der Waals surface area contributed by atoms with Crippen LogP contribution in [0.4, 0.5) is 0 Å². The molecule has 0 aromatic rings. The molecule has 2 aliphatic rings. The van der Waals surface area contributed by atoms with E-state index in [1.54, 1.807) is 0 Å². The number of hydrogen-bond donors (Lipinski definition) is 15. The van der Waals surface area contributed by atoms with E-state index in [-0.39, 0.29) is 151 Å². The van der Waals surface area contributed by atoms with E-state index in [4.69, 9.17) is 38.9 Å². The number of carbonyl (C=O) groups excluding carboxylic acids is 7. The summed E-state index contributed by atoms with van der Waals surface area (Å²) < 4.78 is 39.7. The summed E-state index contributed by atoms with van der Waals surface area (Å²) in [5.41, 5.74) is 4.27. The molecule has 0 aromatic carbocycles. The molecule has 2 aliphatic heterocycles. The maximum Gasteiger partial charge on any atom is 0.222 e. The third-order valence-corrected chi connectivity index (χ3v) is 15.0. The summed E-state index contributed by atoms with van der Waals surface area (Å²) in [4.78, 5) is 88.7. The molecule has 16 N–H and O–H groups in total.